The number of hydrogen-bond acceptors (Lipinski definition) is 5. The fourth-order valence-corrected chi connectivity index (χ4v) is 5.56. The molecular formula is C15H21N5O2S. The van der Waals surface area contributed by atoms with Crippen LogP contribution in [0.3, 0.4) is 0 Å². The van der Waals surface area contributed by atoms with E-state index in [1.165, 1.54) is 0 Å². The Morgan fingerprint density at radius 1 is 1.09 bits per heavy atom. The maximum atomic E-state index is 12.6. The van der Waals surface area contributed by atoms with Crippen LogP contribution in [0.15, 0.2) is 24.7 Å². The van der Waals surface area contributed by atoms with Crippen molar-refractivity contribution in [2.24, 2.45) is 0 Å². The molecule has 0 N–H and O–H groups in total. The first-order valence-electron chi connectivity index (χ1n) is 8.18. The predicted octanol–water partition coefficient (Wildman–Crippen LogP) is 1.12. The summed E-state index contributed by atoms with van der Waals surface area (Å²) in [6.07, 6.45) is 9.30. The van der Waals surface area contributed by atoms with Gasteiger partial charge in [0.1, 0.15) is 5.82 Å². The molecule has 0 amide bonds. The van der Waals surface area contributed by atoms with E-state index in [2.05, 4.69) is 14.9 Å². The summed E-state index contributed by atoms with van der Waals surface area (Å²) in [6.45, 7) is 2.44. The van der Waals surface area contributed by atoms with E-state index in [1.807, 2.05) is 22.9 Å². The van der Waals surface area contributed by atoms with E-state index in [4.69, 9.17) is 0 Å². The molecule has 1 aliphatic carbocycles. The van der Waals surface area contributed by atoms with E-state index < -0.39 is 10.0 Å². The van der Waals surface area contributed by atoms with Gasteiger partial charge in [-0.2, -0.15) is 9.29 Å². The van der Waals surface area contributed by atoms with Gasteiger partial charge in [-0.3, -0.25) is 4.40 Å². The molecule has 2 fully saturated rings. The molecule has 7 nitrogen and oxygen atoms in total. The second-order valence-electron chi connectivity index (χ2n) is 6.26. The molecule has 0 unspecified atom stereocenters. The Kier molecular flexibility index (Phi) is 3.73. The van der Waals surface area contributed by atoms with Gasteiger partial charge in [0, 0.05) is 38.6 Å². The normalized spacial score (nSPS) is 21.3. The summed E-state index contributed by atoms with van der Waals surface area (Å²) in [5.74, 6) is 1.53. The first-order valence-corrected chi connectivity index (χ1v) is 9.68. The van der Waals surface area contributed by atoms with Gasteiger partial charge in [-0.15, -0.1) is 0 Å². The van der Waals surface area contributed by atoms with Crippen LogP contribution in [0.2, 0.25) is 0 Å². The van der Waals surface area contributed by atoms with Gasteiger partial charge < -0.3 is 4.90 Å². The fraction of sp³-hybridized carbons (Fsp3) is 0.600. The molecule has 1 aliphatic heterocycles. The molecule has 2 aliphatic rings. The van der Waals surface area contributed by atoms with Crippen molar-refractivity contribution in [1.82, 2.24) is 18.7 Å². The number of anilines is 1. The Morgan fingerprint density at radius 2 is 1.83 bits per heavy atom. The Bertz CT molecular complexity index is 756. The van der Waals surface area contributed by atoms with E-state index >= 15 is 0 Å². The fourth-order valence-electron chi connectivity index (χ4n) is 3.54. The van der Waals surface area contributed by atoms with E-state index in [0.717, 1.165) is 31.5 Å². The molecule has 3 heterocycles. The van der Waals surface area contributed by atoms with Gasteiger partial charge in [0.25, 0.3) is 0 Å². The smallest absolute Gasteiger partial charge is 0.235 e. The molecule has 8 heteroatoms. The lowest BCUT2D eigenvalue weighted by molar-refractivity contribution is 0.378. The molecule has 23 heavy (non-hydrogen) atoms. The second kappa shape index (κ2) is 5.76. The zero-order valence-electron chi connectivity index (χ0n) is 13.0. The molecule has 1 saturated carbocycles. The third kappa shape index (κ3) is 2.70. The average Bonchev–Trinajstić information content (AvgIpc) is 3.24. The quantitative estimate of drug-likeness (QED) is 0.841. The summed E-state index contributed by atoms with van der Waals surface area (Å²) in [4.78, 5) is 10.9. The molecule has 0 radical (unpaired) electrons. The minimum absolute atomic E-state index is 0.159. The van der Waals surface area contributed by atoms with Crippen LogP contribution in [0.5, 0.6) is 0 Å². The molecule has 0 aromatic carbocycles. The van der Waals surface area contributed by atoms with Gasteiger partial charge in [-0.1, -0.05) is 12.8 Å². The Balaban J connectivity index is 1.46. The zero-order chi connectivity index (χ0) is 15.9. The first-order chi connectivity index (χ1) is 11.1. The Morgan fingerprint density at radius 3 is 2.52 bits per heavy atom. The van der Waals surface area contributed by atoms with Crippen LogP contribution in [0.1, 0.15) is 25.7 Å². The third-order valence-corrected chi connectivity index (χ3v) is 7.27. The lowest BCUT2D eigenvalue weighted by Crippen LogP contribution is -2.51. The maximum Gasteiger partial charge on any atom is 0.235 e. The summed E-state index contributed by atoms with van der Waals surface area (Å²) in [6, 6.07) is 1.87. The number of fused-ring (bicyclic) bond motifs is 1. The van der Waals surface area contributed by atoms with E-state index in [-0.39, 0.29) is 5.25 Å². The highest BCUT2D eigenvalue weighted by Crippen LogP contribution is 2.28. The first kappa shape index (κ1) is 14.9. The molecule has 124 valence electrons. The van der Waals surface area contributed by atoms with E-state index in [9.17, 15) is 8.42 Å². The van der Waals surface area contributed by atoms with Gasteiger partial charge in [-0.05, 0) is 18.9 Å². The van der Waals surface area contributed by atoms with Crippen LogP contribution in [0.25, 0.3) is 5.78 Å². The van der Waals surface area contributed by atoms with Crippen LogP contribution in [-0.4, -0.2) is 58.5 Å². The van der Waals surface area contributed by atoms with Crippen LogP contribution < -0.4 is 4.90 Å². The number of hydrogen-bond donors (Lipinski definition) is 0. The van der Waals surface area contributed by atoms with Crippen LogP contribution in [0.4, 0.5) is 5.82 Å². The lowest BCUT2D eigenvalue weighted by atomic mass is 10.4. The van der Waals surface area contributed by atoms with E-state index in [0.29, 0.717) is 32.0 Å². The molecule has 0 atom stereocenters. The molecule has 1 saturated heterocycles. The standard InChI is InChI=1S/C15H21N5O2S/c21-23(22,13-4-1-2-5-13)20-10-8-18(9-11-20)14-12-19-7-3-6-16-15(19)17-14/h3,6-7,12-13H,1-2,4-5,8-11H2. The van der Waals surface area contributed by atoms with Crippen molar-refractivity contribution in [2.45, 2.75) is 30.9 Å². The number of rotatable bonds is 3. The molecule has 0 spiro atoms. The number of aromatic nitrogens is 3. The summed E-state index contributed by atoms with van der Waals surface area (Å²) in [7, 11) is -3.12. The molecule has 2 aromatic rings. The van der Waals surface area contributed by atoms with Crippen molar-refractivity contribution in [1.29, 1.82) is 0 Å². The minimum Gasteiger partial charge on any atom is -0.353 e. The van der Waals surface area contributed by atoms with Crippen LogP contribution in [-0.2, 0) is 10.0 Å². The van der Waals surface area contributed by atoms with Gasteiger partial charge in [-0.25, -0.2) is 13.4 Å². The largest absolute Gasteiger partial charge is 0.353 e. The highest BCUT2D eigenvalue weighted by molar-refractivity contribution is 7.89. The van der Waals surface area contributed by atoms with E-state index in [1.54, 1.807) is 10.5 Å². The van der Waals surface area contributed by atoms with Gasteiger partial charge in [0.2, 0.25) is 15.8 Å². The Hall–Kier alpha value is -1.67. The predicted molar refractivity (Wildman–Crippen MR) is 87.9 cm³/mol. The van der Waals surface area contributed by atoms with Crippen molar-refractivity contribution in [3.05, 3.63) is 24.7 Å². The topological polar surface area (TPSA) is 70.8 Å². The number of piperazine rings is 1. The third-order valence-electron chi connectivity index (χ3n) is 4.87. The zero-order valence-corrected chi connectivity index (χ0v) is 13.8. The molecule has 4 rings (SSSR count). The Labute approximate surface area is 136 Å². The van der Waals surface area contributed by atoms with Crippen molar-refractivity contribution in [2.75, 3.05) is 31.1 Å². The lowest BCUT2D eigenvalue weighted by Gasteiger charge is -2.35. The van der Waals surface area contributed by atoms with Crippen molar-refractivity contribution < 1.29 is 8.42 Å². The number of imidazole rings is 1. The van der Waals surface area contributed by atoms with Crippen molar-refractivity contribution >= 4 is 21.6 Å². The molecule has 0 bridgehead atoms. The summed E-state index contributed by atoms with van der Waals surface area (Å²) in [5.41, 5.74) is 0. The van der Waals surface area contributed by atoms with Crippen LogP contribution in [0, 0.1) is 0 Å². The van der Waals surface area contributed by atoms with Crippen molar-refractivity contribution in [3.8, 4) is 0 Å². The second-order valence-corrected chi connectivity index (χ2v) is 8.48. The monoisotopic (exact) mass is 335 g/mol. The summed E-state index contributed by atoms with van der Waals surface area (Å²) >= 11 is 0. The van der Waals surface area contributed by atoms with Gasteiger partial charge in [0.05, 0.1) is 11.4 Å². The van der Waals surface area contributed by atoms with Gasteiger partial charge in [0.15, 0.2) is 0 Å². The number of nitrogens with zero attached hydrogens (tertiary/aromatic N) is 5. The highest BCUT2D eigenvalue weighted by Gasteiger charge is 2.35. The van der Waals surface area contributed by atoms with Gasteiger partial charge >= 0.3 is 0 Å². The van der Waals surface area contributed by atoms with Crippen molar-refractivity contribution in [3.63, 3.8) is 0 Å². The summed E-state index contributed by atoms with van der Waals surface area (Å²) < 4.78 is 28.9. The number of sulfonamides is 1. The minimum atomic E-state index is -3.12. The van der Waals surface area contributed by atoms with Crippen LogP contribution >= 0.6 is 0 Å². The highest BCUT2D eigenvalue weighted by atomic mass is 32.2. The molecule has 2 aromatic heterocycles. The summed E-state index contributed by atoms with van der Waals surface area (Å²) in [5, 5.41) is -0.159. The SMILES string of the molecule is O=S(=O)(C1CCCC1)N1CCN(c2cn3cccnc3n2)CC1. The maximum absolute atomic E-state index is 12.6. The average molecular weight is 335 g/mol. The molecular weight excluding hydrogens is 314 g/mol.